The Morgan fingerprint density at radius 1 is 0.917 bits per heavy atom. The third-order valence-corrected chi connectivity index (χ3v) is 3.67. The van der Waals surface area contributed by atoms with Gasteiger partial charge in [0.15, 0.2) is 0 Å². The maximum absolute atomic E-state index is 11.2. The number of carbonyl (C=O) groups is 1. The van der Waals surface area contributed by atoms with Crippen molar-refractivity contribution in [2.75, 3.05) is 0 Å². The molecule has 0 radical (unpaired) electrons. The zero-order valence-corrected chi connectivity index (χ0v) is 13.9. The first kappa shape index (κ1) is 17.5. The number of amides is 1. The highest BCUT2D eigenvalue weighted by Crippen LogP contribution is 2.23. The zero-order chi connectivity index (χ0) is 17.3. The first-order chi connectivity index (χ1) is 11.6. The van der Waals surface area contributed by atoms with Crippen molar-refractivity contribution in [3.63, 3.8) is 0 Å². The van der Waals surface area contributed by atoms with E-state index in [-0.39, 0.29) is 0 Å². The molecule has 24 heavy (non-hydrogen) atoms. The molecule has 0 unspecified atom stereocenters. The predicted molar refractivity (Wildman–Crippen MR) is 99.3 cm³/mol. The number of carbonyl (C=O) groups excluding carboxylic acids is 1. The highest BCUT2D eigenvalue weighted by molar-refractivity contribution is 5.65. The van der Waals surface area contributed by atoms with Gasteiger partial charge in [0.2, 0.25) is 0 Å². The maximum Gasteiger partial charge on any atom is 0.405 e. The maximum atomic E-state index is 11.2. The Hall–Kier alpha value is -2.81. The van der Waals surface area contributed by atoms with Crippen molar-refractivity contribution in [2.24, 2.45) is 5.73 Å². The van der Waals surface area contributed by atoms with Gasteiger partial charge in [-0.15, -0.1) is 0 Å². The zero-order valence-electron chi connectivity index (χ0n) is 13.9. The molecule has 3 heteroatoms. The molecule has 2 aromatic rings. The number of hydrogen-bond donors (Lipinski definition) is 1. The van der Waals surface area contributed by atoms with Crippen LogP contribution in [-0.2, 0) is 4.74 Å². The molecular formula is C21H23NO2. The minimum Gasteiger partial charge on any atom is -0.443 e. The second kappa shape index (κ2) is 8.73. The van der Waals surface area contributed by atoms with E-state index in [1.54, 1.807) is 0 Å². The smallest absolute Gasteiger partial charge is 0.405 e. The van der Waals surface area contributed by atoms with E-state index in [0.29, 0.717) is 12.8 Å². The van der Waals surface area contributed by atoms with Gasteiger partial charge in [-0.1, -0.05) is 85.0 Å². The summed E-state index contributed by atoms with van der Waals surface area (Å²) in [4.78, 5) is 11.2. The van der Waals surface area contributed by atoms with Crippen LogP contribution in [0.15, 0.2) is 72.8 Å². The van der Waals surface area contributed by atoms with Crippen LogP contribution in [0.2, 0.25) is 0 Å². The summed E-state index contributed by atoms with van der Waals surface area (Å²) in [5.41, 5.74) is 6.79. The van der Waals surface area contributed by atoms with E-state index >= 15 is 0 Å². The lowest BCUT2D eigenvalue weighted by Crippen LogP contribution is -2.33. The third kappa shape index (κ3) is 6.13. The van der Waals surface area contributed by atoms with Gasteiger partial charge in [0.05, 0.1) is 0 Å². The summed E-state index contributed by atoms with van der Waals surface area (Å²) in [5, 5.41) is 0. The fraction of sp³-hybridized carbons (Fsp3) is 0.190. The van der Waals surface area contributed by atoms with E-state index in [0.717, 1.165) is 11.1 Å². The minimum atomic E-state index is -0.751. The van der Waals surface area contributed by atoms with Gasteiger partial charge in [0.25, 0.3) is 0 Å². The Morgan fingerprint density at radius 3 is 1.71 bits per heavy atom. The van der Waals surface area contributed by atoms with Crippen LogP contribution in [0.4, 0.5) is 4.79 Å². The summed E-state index contributed by atoms with van der Waals surface area (Å²) in [6.45, 7) is 1.89. The van der Waals surface area contributed by atoms with Gasteiger partial charge >= 0.3 is 6.09 Å². The summed E-state index contributed by atoms with van der Waals surface area (Å²) < 4.78 is 5.35. The quantitative estimate of drug-likeness (QED) is 0.776. The predicted octanol–water partition coefficient (Wildman–Crippen LogP) is 5.05. The molecule has 0 saturated carbocycles. The second-order valence-corrected chi connectivity index (χ2v) is 5.91. The third-order valence-electron chi connectivity index (χ3n) is 3.67. The lowest BCUT2D eigenvalue weighted by molar-refractivity contribution is 0.0359. The van der Waals surface area contributed by atoms with E-state index in [1.165, 1.54) is 0 Å². The first-order valence-corrected chi connectivity index (χ1v) is 7.99. The van der Waals surface area contributed by atoms with Crippen LogP contribution in [0.1, 0.15) is 30.9 Å². The van der Waals surface area contributed by atoms with Crippen LogP contribution >= 0.6 is 0 Å². The Morgan fingerprint density at radius 2 is 1.33 bits per heavy atom. The molecule has 0 atom stereocenters. The summed E-state index contributed by atoms with van der Waals surface area (Å²) >= 11 is 0. The molecule has 2 rings (SSSR count). The molecule has 3 nitrogen and oxygen atoms in total. The van der Waals surface area contributed by atoms with Crippen LogP contribution in [0.25, 0.3) is 12.2 Å². The molecular weight excluding hydrogens is 298 g/mol. The molecule has 0 heterocycles. The van der Waals surface area contributed by atoms with Gasteiger partial charge in [-0.3, -0.25) is 0 Å². The van der Waals surface area contributed by atoms with Crippen molar-refractivity contribution < 1.29 is 9.53 Å². The Balaban J connectivity index is 2.01. The van der Waals surface area contributed by atoms with Crippen molar-refractivity contribution in [1.82, 2.24) is 0 Å². The molecule has 0 fully saturated rings. The monoisotopic (exact) mass is 321 g/mol. The Bertz CT molecular complexity index is 639. The standard InChI is InChI=1S/C21H23NO2/c1-21(24-20(22)23,16-8-14-18-10-4-2-5-11-18)17-9-15-19-12-6-3-7-13-19/h2-15H,16-17H2,1H3,(H2,22,23). The van der Waals surface area contributed by atoms with Gasteiger partial charge in [0, 0.05) is 12.8 Å². The lowest BCUT2D eigenvalue weighted by Gasteiger charge is -2.26. The fourth-order valence-corrected chi connectivity index (χ4v) is 2.43. The van der Waals surface area contributed by atoms with Crippen molar-refractivity contribution >= 4 is 18.2 Å². The average molecular weight is 321 g/mol. The van der Waals surface area contributed by atoms with E-state index in [2.05, 4.69) is 0 Å². The molecule has 0 aliphatic rings. The molecule has 0 spiro atoms. The molecule has 0 aromatic heterocycles. The normalized spacial score (nSPS) is 13.9. The van der Waals surface area contributed by atoms with Gasteiger partial charge in [-0.2, -0.15) is 0 Å². The van der Waals surface area contributed by atoms with Gasteiger partial charge < -0.3 is 10.5 Å². The van der Waals surface area contributed by atoms with E-state index in [9.17, 15) is 4.79 Å². The molecule has 2 N–H and O–H groups in total. The van der Waals surface area contributed by atoms with Crippen LogP contribution in [0.5, 0.6) is 0 Å². The van der Waals surface area contributed by atoms with Crippen molar-refractivity contribution in [3.8, 4) is 0 Å². The fourth-order valence-electron chi connectivity index (χ4n) is 2.43. The largest absolute Gasteiger partial charge is 0.443 e. The molecule has 2 aromatic carbocycles. The van der Waals surface area contributed by atoms with Crippen molar-refractivity contribution in [1.29, 1.82) is 0 Å². The molecule has 0 aliphatic carbocycles. The van der Waals surface area contributed by atoms with Crippen molar-refractivity contribution in [3.05, 3.63) is 83.9 Å². The van der Waals surface area contributed by atoms with Crippen LogP contribution in [0.3, 0.4) is 0 Å². The van der Waals surface area contributed by atoms with E-state index < -0.39 is 11.7 Å². The Labute approximate surface area is 143 Å². The van der Waals surface area contributed by atoms with Crippen LogP contribution in [-0.4, -0.2) is 11.7 Å². The summed E-state index contributed by atoms with van der Waals surface area (Å²) in [5.74, 6) is 0. The number of hydrogen-bond acceptors (Lipinski definition) is 2. The molecule has 0 bridgehead atoms. The molecule has 0 saturated heterocycles. The topological polar surface area (TPSA) is 52.3 Å². The second-order valence-electron chi connectivity index (χ2n) is 5.91. The number of rotatable bonds is 7. The summed E-state index contributed by atoms with van der Waals surface area (Å²) in [6.07, 6.45) is 8.48. The van der Waals surface area contributed by atoms with Gasteiger partial charge in [-0.25, -0.2) is 4.79 Å². The summed E-state index contributed by atoms with van der Waals surface area (Å²) in [7, 11) is 0. The minimum absolute atomic E-state index is 0.587. The van der Waals surface area contributed by atoms with E-state index in [4.69, 9.17) is 10.5 Å². The Kier molecular flexibility index (Phi) is 6.38. The lowest BCUT2D eigenvalue weighted by atomic mass is 9.96. The highest BCUT2D eigenvalue weighted by atomic mass is 16.6. The molecule has 0 aliphatic heterocycles. The molecule has 1 amide bonds. The number of benzene rings is 2. The van der Waals surface area contributed by atoms with E-state index in [1.807, 2.05) is 91.9 Å². The van der Waals surface area contributed by atoms with Gasteiger partial charge in [-0.05, 0) is 18.1 Å². The number of primary amides is 1. The molecule has 124 valence electrons. The SMILES string of the molecule is CC(CC=Cc1ccccc1)(CC=Cc1ccccc1)OC(N)=O. The number of nitrogens with two attached hydrogens (primary N) is 1. The van der Waals surface area contributed by atoms with Crippen molar-refractivity contribution in [2.45, 2.75) is 25.4 Å². The summed E-state index contributed by atoms with van der Waals surface area (Å²) in [6, 6.07) is 20.0. The first-order valence-electron chi connectivity index (χ1n) is 7.99. The average Bonchev–Trinajstić information content (AvgIpc) is 2.56. The number of ether oxygens (including phenoxy) is 1. The highest BCUT2D eigenvalue weighted by Gasteiger charge is 2.25. The van der Waals surface area contributed by atoms with Crippen LogP contribution < -0.4 is 5.73 Å². The van der Waals surface area contributed by atoms with Crippen LogP contribution in [0, 0.1) is 0 Å². The van der Waals surface area contributed by atoms with Gasteiger partial charge in [0.1, 0.15) is 5.60 Å².